The van der Waals surface area contributed by atoms with Crippen molar-refractivity contribution in [3.8, 4) is 0 Å². The number of aromatic nitrogens is 2. The number of rotatable bonds is 5. The Morgan fingerprint density at radius 1 is 1.03 bits per heavy atom. The van der Waals surface area contributed by atoms with Crippen molar-refractivity contribution in [2.45, 2.75) is 44.8 Å². The standard InChI is InChI=1S/C24H26N4O/c1-16(29)18-9-10-20-15-28(12-11-19(20)13-18)23-14-22(25-21-5-3-2-4-6-21)26-24(27-23)17-7-8-17/h2-6,9-10,13-14,16-17,29H,7-8,11-12,15H2,1H3,(H,25,26,27)/t16-/m1/s1. The van der Waals surface area contributed by atoms with Crippen LogP contribution < -0.4 is 10.2 Å². The predicted molar refractivity (Wildman–Crippen MR) is 116 cm³/mol. The highest BCUT2D eigenvalue weighted by atomic mass is 16.3. The highest BCUT2D eigenvalue weighted by Gasteiger charge is 2.28. The Morgan fingerprint density at radius 2 is 1.86 bits per heavy atom. The van der Waals surface area contributed by atoms with E-state index in [9.17, 15) is 5.11 Å². The molecule has 0 unspecified atom stereocenters. The zero-order valence-electron chi connectivity index (χ0n) is 16.7. The minimum atomic E-state index is -0.423. The molecule has 1 atom stereocenters. The number of aliphatic hydroxyl groups excluding tert-OH is 1. The second-order valence-electron chi connectivity index (χ2n) is 8.11. The molecule has 1 aliphatic carbocycles. The maximum absolute atomic E-state index is 9.86. The topological polar surface area (TPSA) is 61.3 Å². The molecule has 0 spiro atoms. The summed E-state index contributed by atoms with van der Waals surface area (Å²) < 4.78 is 0. The molecule has 3 aromatic rings. The quantitative estimate of drug-likeness (QED) is 0.665. The zero-order chi connectivity index (χ0) is 19.8. The van der Waals surface area contributed by atoms with Crippen LogP contribution in [0.5, 0.6) is 0 Å². The van der Waals surface area contributed by atoms with Crippen molar-refractivity contribution in [3.63, 3.8) is 0 Å². The summed E-state index contributed by atoms with van der Waals surface area (Å²) in [6.07, 6.45) is 2.89. The molecule has 5 rings (SSSR count). The van der Waals surface area contributed by atoms with Gasteiger partial charge in [-0.3, -0.25) is 0 Å². The van der Waals surface area contributed by atoms with Gasteiger partial charge in [0.2, 0.25) is 0 Å². The van der Waals surface area contributed by atoms with Gasteiger partial charge in [-0.05, 0) is 55.0 Å². The molecular weight excluding hydrogens is 360 g/mol. The third kappa shape index (κ3) is 3.96. The molecule has 5 nitrogen and oxygen atoms in total. The average Bonchev–Trinajstić information content (AvgIpc) is 3.59. The van der Waals surface area contributed by atoms with Gasteiger partial charge in [-0.25, -0.2) is 9.97 Å². The van der Waals surface area contributed by atoms with Crippen LogP contribution in [0.2, 0.25) is 0 Å². The van der Waals surface area contributed by atoms with E-state index >= 15 is 0 Å². The van der Waals surface area contributed by atoms with Gasteiger partial charge in [-0.15, -0.1) is 0 Å². The SMILES string of the molecule is C[C@@H](O)c1ccc2c(c1)CCN(c1cc(Nc3ccccc3)nc(C3CC3)n1)C2. The largest absolute Gasteiger partial charge is 0.389 e. The Kier molecular flexibility index (Phi) is 4.68. The summed E-state index contributed by atoms with van der Waals surface area (Å²) in [5.74, 6) is 3.30. The molecule has 0 amide bonds. The summed E-state index contributed by atoms with van der Waals surface area (Å²) >= 11 is 0. The minimum absolute atomic E-state index is 0.423. The fourth-order valence-corrected chi connectivity index (χ4v) is 3.90. The molecule has 148 valence electrons. The number of para-hydroxylation sites is 1. The van der Waals surface area contributed by atoms with E-state index in [1.54, 1.807) is 0 Å². The first-order valence-corrected chi connectivity index (χ1v) is 10.4. The van der Waals surface area contributed by atoms with Crippen LogP contribution in [0.4, 0.5) is 17.3 Å². The van der Waals surface area contributed by atoms with Crippen LogP contribution in [0.25, 0.3) is 0 Å². The highest BCUT2D eigenvalue weighted by molar-refractivity contribution is 5.60. The maximum Gasteiger partial charge on any atom is 0.136 e. The lowest BCUT2D eigenvalue weighted by molar-refractivity contribution is 0.199. The molecule has 1 fully saturated rings. The van der Waals surface area contributed by atoms with E-state index in [1.807, 2.05) is 31.2 Å². The van der Waals surface area contributed by atoms with Crippen LogP contribution in [0.15, 0.2) is 54.6 Å². The summed E-state index contributed by atoms with van der Waals surface area (Å²) in [5, 5.41) is 13.3. The fraction of sp³-hybridized carbons (Fsp3) is 0.333. The Hall–Kier alpha value is -2.92. The van der Waals surface area contributed by atoms with Crippen molar-refractivity contribution in [2.24, 2.45) is 0 Å². The fourth-order valence-electron chi connectivity index (χ4n) is 3.90. The molecule has 0 radical (unpaired) electrons. The Morgan fingerprint density at radius 3 is 2.62 bits per heavy atom. The van der Waals surface area contributed by atoms with Crippen molar-refractivity contribution in [1.29, 1.82) is 0 Å². The van der Waals surface area contributed by atoms with Gasteiger partial charge in [-0.1, -0.05) is 36.4 Å². The van der Waals surface area contributed by atoms with E-state index in [-0.39, 0.29) is 0 Å². The molecule has 2 N–H and O–H groups in total. The normalized spacial score (nSPS) is 17.0. The first kappa shape index (κ1) is 18.1. The molecule has 1 aromatic heterocycles. The van der Waals surface area contributed by atoms with Crippen LogP contribution in [-0.2, 0) is 13.0 Å². The minimum Gasteiger partial charge on any atom is -0.389 e. The number of hydrogen-bond acceptors (Lipinski definition) is 5. The lowest BCUT2D eigenvalue weighted by Gasteiger charge is -2.30. The maximum atomic E-state index is 9.86. The predicted octanol–water partition coefficient (Wildman–Crippen LogP) is 4.71. The van der Waals surface area contributed by atoms with Gasteiger partial charge < -0.3 is 15.3 Å². The second-order valence-corrected chi connectivity index (χ2v) is 8.11. The Labute approximate surface area is 171 Å². The van der Waals surface area contributed by atoms with E-state index in [0.29, 0.717) is 5.92 Å². The average molecular weight is 386 g/mol. The summed E-state index contributed by atoms with van der Waals surface area (Å²) in [5.41, 5.74) is 4.67. The summed E-state index contributed by atoms with van der Waals surface area (Å²) in [6, 6.07) is 18.6. The lowest BCUT2D eigenvalue weighted by Crippen LogP contribution is -2.31. The molecule has 0 bridgehead atoms. The van der Waals surface area contributed by atoms with Crippen molar-refractivity contribution in [2.75, 3.05) is 16.8 Å². The van der Waals surface area contributed by atoms with Gasteiger partial charge in [0.15, 0.2) is 0 Å². The second kappa shape index (κ2) is 7.48. The third-order valence-electron chi connectivity index (χ3n) is 5.77. The monoisotopic (exact) mass is 386 g/mol. The van der Waals surface area contributed by atoms with Crippen LogP contribution in [-0.4, -0.2) is 21.6 Å². The van der Waals surface area contributed by atoms with Crippen molar-refractivity contribution >= 4 is 17.3 Å². The van der Waals surface area contributed by atoms with Gasteiger partial charge >= 0.3 is 0 Å². The Balaban J connectivity index is 1.43. The van der Waals surface area contributed by atoms with Crippen LogP contribution in [0.3, 0.4) is 0 Å². The number of nitrogens with zero attached hydrogens (tertiary/aromatic N) is 3. The zero-order valence-corrected chi connectivity index (χ0v) is 16.7. The van der Waals surface area contributed by atoms with E-state index in [4.69, 9.17) is 9.97 Å². The van der Waals surface area contributed by atoms with Crippen LogP contribution >= 0.6 is 0 Å². The van der Waals surface area contributed by atoms with Crippen LogP contribution in [0.1, 0.15) is 54.3 Å². The van der Waals surface area contributed by atoms with Crippen molar-refractivity contribution in [1.82, 2.24) is 9.97 Å². The van der Waals surface area contributed by atoms with Gasteiger partial charge in [0.25, 0.3) is 0 Å². The van der Waals surface area contributed by atoms with E-state index in [2.05, 4.69) is 40.5 Å². The van der Waals surface area contributed by atoms with Crippen molar-refractivity contribution < 1.29 is 5.11 Å². The van der Waals surface area contributed by atoms with E-state index in [0.717, 1.165) is 48.2 Å². The Bertz CT molecular complexity index is 1010. The van der Waals surface area contributed by atoms with E-state index < -0.39 is 6.10 Å². The van der Waals surface area contributed by atoms with Gasteiger partial charge in [0.05, 0.1) is 6.10 Å². The highest BCUT2D eigenvalue weighted by Crippen LogP contribution is 2.39. The molecule has 1 saturated carbocycles. The van der Waals surface area contributed by atoms with Crippen molar-refractivity contribution in [3.05, 3.63) is 77.1 Å². The summed E-state index contributed by atoms with van der Waals surface area (Å²) in [7, 11) is 0. The lowest BCUT2D eigenvalue weighted by atomic mass is 9.96. The summed E-state index contributed by atoms with van der Waals surface area (Å²) in [6.45, 7) is 3.57. The summed E-state index contributed by atoms with van der Waals surface area (Å²) in [4.78, 5) is 12.0. The number of anilines is 3. The molecular formula is C24H26N4O. The number of hydrogen-bond donors (Lipinski definition) is 2. The number of benzene rings is 2. The number of nitrogens with one attached hydrogen (secondary N) is 1. The number of fused-ring (bicyclic) bond motifs is 1. The number of aliphatic hydroxyl groups is 1. The van der Waals surface area contributed by atoms with Gasteiger partial charge in [0, 0.05) is 30.8 Å². The molecule has 5 heteroatoms. The van der Waals surface area contributed by atoms with Crippen LogP contribution in [0, 0.1) is 0 Å². The first-order chi connectivity index (χ1) is 14.2. The van der Waals surface area contributed by atoms with Gasteiger partial charge in [0.1, 0.15) is 17.5 Å². The third-order valence-corrected chi connectivity index (χ3v) is 5.77. The van der Waals surface area contributed by atoms with Gasteiger partial charge in [-0.2, -0.15) is 0 Å². The molecule has 29 heavy (non-hydrogen) atoms. The van der Waals surface area contributed by atoms with E-state index in [1.165, 1.54) is 24.0 Å². The molecule has 2 aromatic carbocycles. The molecule has 2 heterocycles. The molecule has 1 aliphatic heterocycles. The molecule has 2 aliphatic rings. The first-order valence-electron chi connectivity index (χ1n) is 10.4. The molecule has 0 saturated heterocycles. The smallest absolute Gasteiger partial charge is 0.136 e.